The first-order chi connectivity index (χ1) is 19.3. The minimum absolute atomic E-state index is 0.0747. The molecular formula is C37H28BN. The summed E-state index contributed by atoms with van der Waals surface area (Å²) in [5, 5.41) is 0. The summed E-state index contributed by atoms with van der Waals surface area (Å²) >= 11 is 0. The number of aryl methyl sites for hydroxylation is 1. The van der Waals surface area contributed by atoms with Crippen molar-refractivity contribution in [3.8, 4) is 22.3 Å². The van der Waals surface area contributed by atoms with Gasteiger partial charge in [0.25, 0.3) is 0 Å². The van der Waals surface area contributed by atoms with E-state index in [1.165, 1.54) is 61.3 Å². The second kappa shape index (κ2) is 9.81. The van der Waals surface area contributed by atoms with Gasteiger partial charge in [-0.1, -0.05) is 138 Å². The summed E-state index contributed by atoms with van der Waals surface area (Å²) in [7, 11) is 0. The third-order valence-electron chi connectivity index (χ3n) is 7.83. The van der Waals surface area contributed by atoms with Crippen LogP contribution in [0.2, 0.25) is 0 Å². The highest BCUT2D eigenvalue weighted by molar-refractivity contribution is 6.99. The predicted molar refractivity (Wildman–Crippen MR) is 168 cm³/mol. The van der Waals surface area contributed by atoms with Gasteiger partial charge in [-0.3, -0.25) is 0 Å². The van der Waals surface area contributed by atoms with E-state index < -0.39 is 0 Å². The number of anilines is 3. The second-order valence-corrected chi connectivity index (χ2v) is 10.2. The number of para-hydroxylation sites is 2. The Labute approximate surface area is 231 Å². The molecule has 1 nitrogen and oxygen atoms in total. The zero-order chi connectivity index (χ0) is 26.2. The molecule has 0 amide bonds. The normalized spacial score (nSPS) is 12.1. The van der Waals surface area contributed by atoms with Crippen molar-refractivity contribution >= 4 is 40.2 Å². The van der Waals surface area contributed by atoms with Gasteiger partial charge >= 0.3 is 0 Å². The fraction of sp³-hybridized carbons (Fsp3) is 0.0270. The molecule has 6 aromatic carbocycles. The van der Waals surface area contributed by atoms with E-state index >= 15 is 0 Å². The lowest BCUT2D eigenvalue weighted by Crippen LogP contribution is -2.58. The van der Waals surface area contributed by atoms with Crippen LogP contribution in [0.15, 0.2) is 152 Å². The van der Waals surface area contributed by atoms with Crippen molar-refractivity contribution in [2.24, 2.45) is 0 Å². The van der Waals surface area contributed by atoms with Crippen molar-refractivity contribution in [1.82, 2.24) is 0 Å². The number of fused-ring (bicyclic) bond motifs is 2. The molecule has 1 aliphatic heterocycles. The molecule has 184 valence electrons. The average Bonchev–Trinajstić information content (AvgIpc) is 3.01. The van der Waals surface area contributed by atoms with E-state index in [1.54, 1.807) is 0 Å². The first-order valence-corrected chi connectivity index (χ1v) is 13.6. The van der Waals surface area contributed by atoms with E-state index in [1.807, 2.05) is 0 Å². The van der Waals surface area contributed by atoms with Crippen LogP contribution >= 0.6 is 0 Å². The number of hydrogen-bond acceptors (Lipinski definition) is 1. The van der Waals surface area contributed by atoms with Crippen molar-refractivity contribution in [3.63, 3.8) is 0 Å². The lowest BCUT2D eigenvalue weighted by molar-refractivity contribution is 1.28. The van der Waals surface area contributed by atoms with Crippen LogP contribution in [0.25, 0.3) is 22.3 Å². The zero-order valence-corrected chi connectivity index (χ0v) is 22.0. The minimum Gasteiger partial charge on any atom is -0.312 e. The summed E-state index contributed by atoms with van der Waals surface area (Å²) in [6.07, 6.45) is 0. The maximum atomic E-state index is 2.42. The molecule has 0 saturated carbocycles. The van der Waals surface area contributed by atoms with Gasteiger partial charge in [-0.2, -0.15) is 0 Å². The summed E-state index contributed by atoms with van der Waals surface area (Å²) in [6.45, 7) is 2.22. The smallest absolute Gasteiger partial charge is 0.248 e. The maximum absolute atomic E-state index is 2.42. The fourth-order valence-corrected chi connectivity index (χ4v) is 6.07. The van der Waals surface area contributed by atoms with Gasteiger partial charge in [0, 0.05) is 17.1 Å². The number of benzene rings is 6. The van der Waals surface area contributed by atoms with Crippen LogP contribution in [-0.4, -0.2) is 6.71 Å². The molecule has 0 aromatic heterocycles. The maximum Gasteiger partial charge on any atom is 0.248 e. The van der Waals surface area contributed by atoms with Crippen LogP contribution in [0, 0.1) is 6.92 Å². The monoisotopic (exact) mass is 497 g/mol. The molecule has 0 radical (unpaired) electrons. The molecule has 0 bridgehead atoms. The Balaban J connectivity index is 1.55. The molecule has 0 spiro atoms. The molecule has 1 aliphatic rings. The van der Waals surface area contributed by atoms with Crippen molar-refractivity contribution in [2.45, 2.75) is 6.92 Å². The van der Waals surface area contributed by atoms with E-state index in [2.05, 4.69) is 163 Å². The molecule has 0 saturated heterocycles. The third-order valence-corrected chi connectivity index (χ3v) is 7.83. The van der Waals surface area contributed by atoms with Crippen LogP contribution in [0.5, 0.6) is 0 Å². The average molecular weight is 497 g/mol. The number of hydrogen-bond donors (Lipinski definition) is 0. The summed E-state index contributed by atoms with van der Waals surface area (Å²) in [5.74, 6) is 0. The highest BCUT2D eigenvalue weighted by Crippen LogP contribution is 2.37. The Hall–Kier alpha value is -4.82. The first-order valence-electron chi connectivity index (χ1n) is 13.6. The van der Waals surface area contributed by atoms with Crippen LogP contribution in [0.3, 0.4) is 0 Å². The van der Waals surface area contributed by atoms with E-state index in [4.69, 9.17) is 0 Å². The Kier molecular flexibility index (Phi) is 5.87. The Morgan fingerprint density at radius 3 is 1.41 bits per heavy atom. The Bertz CT molecular complexity index is 1650. The molecule has 1 heterocycles. The van der Waals surface area contributed by atoms with E-state index in [9.17, 15) is 0 Å². The third kappa shape index (κ3) is 4.06. The van der Waals surface area contributed by atoms with Crippen LogP contribution in [0.4, 0.5) is 17.1 Å². The molecule has 39 heavy (non-hydrogen) atoms. The number of rotatable bonds is 4. The quantitative estimate of drug-likeness (QED) is 0.226. The molecule has 2 heteroatoms. The van der Waals surface area contributed by atoms with Crippen molar-refractivity contribution in [3.05, 3.63) is 157 Å². The second-order valence-electron chi connectivity index (χ2n) is 10.2. The molecule has 0 unspecified atom stereocenters. The molecule has 6 aromatic rings. The highest BCUT2D eigenvalue weighted by atomic mass is 15.1. The van der Waals surface area contributed by atoms with E-state index in [0.29, 0.717) is 0 Å². The summed E-state index contributed by atoms with van der Waals surface area (Å²) in [4.78, 5) is 2.42. The highest BCUT2D eigenvalue weighted by Gasteiger charge is 2.37. The lowest BCUT2D eigenvalue weighted by atomic mass is 9.33. The van der Waals surface area contributed by atoms with Crippen molar-refractivity contribution in [2.75, 3.05) is 4.90 Å². The summed E-state index contributed by atoms with van der Waals surface area (Å²) in [5.41, 5.74) is 13.9. The number of nitrogens with zero attached hydrogens (tertiary/aromatic N) is 1. The summed E-state index contributed by atoms with van der Waals surface area (Å²) < 4.78 is 0. The standard InChI is InChI=1S/C37H28BN/c1-27-23-25-30(26-24-27)39-35-21-10-8-19-33(35)38(34-20-9-11-22-36(34)39)37-31(28-13-4-2-5-14-28)17-12-18-32(37)29-15-6-3-7-16-29/h2-26H,1H3. The van der Waals surface area contributed by atoms with Crippen molar-refractivity contribution < 1.29 is 0 Å². The first kappa shape index (κ1) is 23.3. The molecule has 0 N–H and O–H groups in total. The fourth-order valence-electron chi connectivity index (χ4n) is 6.07. The largest absolute Gasteiger partial charge is 0.312 e. The van der Waals surface area contributed by atoms with Gasteiger partial charge in [0.1, 0.15) is 0 Å². The van der Waals surface area contributed by atoms with Gasteiger partial charge in [0.15, 0.2) is 0 Å². The molecule has 0 fully saturated rings. The topological polar surface area (TPSA) is 3.24 Å². The van der Waals surface area contributed by atoms with Crippen molar-refractivity contribution in [1.29, 1.82) is 0 Å². The zero-order valence-electron chi connectivity index (χ0n) is 22.0. The van der Waals surface area contributed by atoms with Gasteiger partial charge in [-0.25, -0.2) is 0 Å². The molecule has 0 atom stereocenters. The van der Waals surface area contributed by atoms with Gasteiger partial charge in [0.05, 0.1) is 0 Å². The lowest BCUT2D eigenvalue weighted by Gasteiger charge is -2.38. The summed E-state index contributed by atoms with van der Waals surface area (Å²) in [6, 6.07) is 55.1. The van der Waals surface area contributed by atoms with Gasteiger partial charge in [-0.05, 0) is 64.4 Å². The van der Waals surface area contributed by atoms with Crippen LogP contribution < -0.4 is 21.3 Å². The minimum atomic E-state index is 0.0747. The van der Waals surface area contributed by atoms with E-state index in [-0.39, 0.29) is 6.71 Å². The van der Waals surface area contributed by atoms with Gasteiger partial charge in [0.2, 0.25) is 6.71 Å². The predicted octanol–water partition coefficient (Wildman–Crippen LogP) is 7.63. The molecule has 0 aliphatic carbocycles. The van der Waals surface area contributed by atoms with Gasteiger partial charge < -0.3 is 4.90 Å². The van der Waals surface area contributed by atoms with Gasteiger partial charge in [-0.15, -0.1) is 0 Å². The van der Waals surface area contributed by atoms with E-state index in [0.717, 1.165) is 0 Å². The Morgan fingerprint density at radius 2 is 0.897 bits per heavy atom. The van der Waals surface area contributed by atoms with Crippen LogP contribution in [0.1, 0.15) is 5.56 Å². The van der Waals surface area contributed by atoms with Crippen LogP contribution in [-0.2, 0) is 0 Å². The SMILES string of the molecule is Cc1ccc(N2c3ccccc3B(c3c(-c4ccccc4)cccc3-c3ccccc3)c3ccccc32)cc1. The Morgan fingerprint density at radius 1 is 0.436 bits per heavy atom. The molecular weight excluding hydrogens is 469 g/mol. The molecule has 7 rings (SSSR count).